The molecule has 0 unspecified atom stereocenters. The number of nitriles is 1. The summed E-state index contributed by atoms with van der Waals surface area (Å²) in [6.07, 6.45) is 5.65. The Labute approximate surface area is 88.5 Å². The summed E-state index contributed by atoms with van der Waals surface area (Å²) in [5.41, 5.74) is 0.344. The number of aromatic nitrogens is 2. The molecule has 78 valence electrons. The number of hydrogen-bond acceptors (Lipinski definition) is 5. The van der Waals surface area contributed by atoms with Gasteiger partial charge >= 0.3 is 0 Å². The Kier molecular flexibility index (Phi) is 3.10. The smallest absolute Gasteiger partial charge is 0.158 e. The van der Waals surface area contributed by atoms with Crippen LogP contribution >= 0.6 is 0 Å². The number of nitrogens with zero attached hydrogens (tertiary/aromatic N) is 3. The summed E-state index contributed by atoms with van der Waals surface area (Å²) in [7, 11) is 0. The van der Waals surface area contributed by atoms with Crippen LogP contribution in [-0.2, 0) is 0 Å². The molecule has 0 aromatic carbocycles. The lowest BCUT2D eigenvalue weighted by atomic mass is 10.5. The van der Waals surface area contributed by atoms with Gasteiger partial charge in [-0.25, -0.2) is 9.97 Å². The molecule has 2 rings (SSSR count). The molecule has 1 aliphatic rings. The molecule has 15 heavy (non-hydrogen) atoms. The number of hydrogen-bond donors (Lipinski definition) is 2. The molecular weight excluding hydrogens is 190 g/mol. The van der Waals surface area contributed by atoms with Gasteiger partial charge in [0.1, 0.15) is 11.9 Å². The minimum atomic E-state index is 0.344. The quantitative estimate of drug-likeness (QED) is 0.682. The average molecular weight is 203 g/mol. The Morgan fingerprint density at radius 3 is 2.80 bits per heavy atom. The van der Waals surface area contributed by atoms with Crippen LogP contribution in [0.3, 0.4) is 0 Å². The first-order valence-electron chi connectivity index (χ1n) is 5.08. The van der Waals surface area contributed by atoms with Crippen LogP contribution in [0.15, 0.2) is 12.4 Å². The second-order valence-electron chi connectivity index (χ2n) is 3.55. The fourth-order valence-corrected chi connectivity index (χ4v) is 1.23. The summed E-state index contributed by atoms with van der Waals surface area (Å²) in [6.45, 7) is 1.77. The van der Waals surface area contributed by atoms with Crippen molar-refractivity contribution < 1.29 is 0 Å². The van der Waals surface area contributed by atoms with Gasteiger partial charge in [0.05, 0.1) is 12.4 Å². The van der Waals surface area contributed by atoms with Crippen molar-refractivity contribution in [3.8, 4) is 6.07 Å². The van der Waals surface area contributed by atoms with Crippen molar-refractivity contribution in [2.24, 2.45) is 0 Å². The minimum absolute atomic E-state index is 0.344. The number of rotatable bonds is 5. The molecule has 1 saturated carbocycles. The lowest BCUT2D eigenvalue weighted by molar-refractivity contribution is 0.700. The third kappa shape index (κ3) is 3.18. The monoisotopic (exact) mass is 203 g/mol. The standard InChI is InChI=1S/C10H13N5/c11-5-9-6-15-10(7-14-9)13-4-3-12-8-1-2-8/h6-8,12H,1-4H2,(H,13,15). The van der Waals surface area contributed by atoms with E-state index < -0.39 is 0 Å². The van der Waals surface area contributed by atoms with E-state index in [2.05, 4.69) is 20.6 Å². The van der Waals surface area contributed by atoms with E-state index in [0.29, 0.717) is 11.5 Å². The summed E-state index contributed by atoms with van der Waals surface area (Å²) in [5.74, 6) is 0.714. The molecule has 0 saturated heterocycles. The van der Waals surface area contributed by atoms with Gasteiger partial charge in [0.2, 0.25) is 0 Å². The molecule has 2 N–H and O–H groups in total. The molecule has 1 aromatic rings. The van der Waals surface area contributed by atoms with Gasteiger partial charge in [-0.2, -0.15) is 5.26 Å². The Morgan fingerprint density at radius 2 is 2.20 bits per heavy atom. The molecule has 1 aliphatic carbocycles. The number of nitrogens with one attached hydrogen (secondary N) is 2. The van der Waals surface area contributed by atoms with Crippen molar-refractivity contribution >= 4 is 5.82 Å². The van der Waals surface area contributed by atoms with Crippen LogP contribution in [0.2, 0.25) is 0 Å². The van der Waals surface area contributed by atoms with E-state index in [1.54, 1.807) is 6.20 Å². The maximum absolute atomic E-state index is 8.53. The second kappa shape index (κ2) is 4.71. The van der Waals surface area contributed by atoms with E-state index in [1.165, 1.54) is 19.0 Å². The average Bonchev–Trinajstić information content (AvgIpc) is 3.09. The first-order valence-corrected chi connectivity index (χ1v) is 5.08. The molecule has 0 spiro atoms. The number of anilines is 1. The Bertz CT molecular complexity index is 349. The van der Waals surface area contributed by atoms with E-state index in [4.69, 9.17) is 5.26 Å². The fourth-order valence-electron chi connectivity index (χ4n) is 1.23. The van der Waals surface area contributed by atoms with E-state index in [0.717, 1.165) is 19.1 Å². The molecule has 0 radical (unpaired) electrons. The molecular formula is C10H13N5. The Hall–Kier alpha value is -1.67. The van der Waals surface area contributed by atoms with Gasteiger partial charge in [-0.1, -0.05) is 0 Å². The van der Waals surface area contributed by atoms with Crippen molar-refractivity contribution in [2.75, 3.05) is 18.4 Å². The SMILES string of the molecule is N#Cc1cnc(NCCNC2CC2)cn1. The van der Waals surface area contributed by atoms with Crippen LogP contribution in [-0.4, -0.2) is 29.1 Å². The van der Waals surface area contributed by atoms with E-state index in [1.807, 2.05) is 6.07 Å². The highest BCUT2D eigenvalue weighted by atomic mass is 15.0. The van der Waals surface area contributed by atoms with E-state index in [-0.39, 0.29) is 0 Å². The molecule has 5 heteroatoms. The van der Waals surface area contributed by atoms with Crippen molar-refractivity contribution in [1.82, 2.24) is 15.3 Å². The highest BCUT2D eigenvalue weighted by molar-refractivity contribution is 5.32. The Morgan fingerprint density at radius 1 is 1.33 bits per heavy atom. The lowest BCUT2D eigenvalue weighted by Crippen LogP contribution is -2.24. The topological polar surface area (TPSA) is 73.6 Å². The van der Waals surface area contributed by atoms with Crippen LogP contribution in [0.25, 0.3) is 0 Å². The molecule has 1 fully saturated rings. The van der Waals surface area contributed by atoms with Crippen LogP contribution in [0.5, 0.6) is 0 Å². The summed E-state index contributed by atoms with van der Waals surface area (Å²) in [6, 6.07) is 2.67. The van der Waals surface area contributed by atoms with Gasteiger partial charge in [0.25, 0.3) is 0 Å². The maximum atomic E-state index is 8.53. The highest BCUT2D eigenvalue weighted by Crippen LogP contribution is 2.17. The van der Waals surface area contributed by atoms with Crippen LogP contribution < -0.4 is 10.6 Å². The van der Waals surface area contributed by atoms with Crippen molar-refractivity contribution in [1.29, 1.82) is 5.26 Å². The zero-order valence-corrected chi connectivity index (χ0v) is 8.40. The van der Waals surface area contributed by atoms with Crippen LogP contribution in [0.4, 0.5) is 5.82 Å². The highest BCUT2D eigenvalue weighted by Gasteiger charge is 2.19. The third-order valence-electron chi connectivity index (χ3n) is 2.21. The maximum Gasteiger partial charge on any atom is 0.158 e. The van der Waals surface area contributed by atoms with Crippen molar-refractivity contribution in [3.05, 3.63) is 18.1 Å². The summed E-state index contributed by atoms with van der Waals surface area (Å²) < 4.78 is 0. The van der Waals surface area contributed by atoms with E-state index >= 15 is 0 Å². The van der Waals surface area contributed by atoms with Gasteiger partial charge in [-0.05, 0) is 12.8 Å². The van der Waals surface area contributed by atoms with Crippen LogP contribution in [0, 0.1) is 11.3 Å². The van der Waals surface area contributed by atoms with E-state index in [9.17, 15) is 0 Å². The van der Waals surface area contributed by atoms with Gasteiger partial charge in [-0.3, -0.25) is 0 Å². The molecule has 0 amide bonds. The van der Waals surface area contributed by atoms with Crippen LogP contribution in [0.1, 0.15) is 18.5 Å². The summed E-state index contributed by atoms with van der Waals surface area (Å²) in [4.78, 5) is 7.97. The summed E-state index contributed by atoms with van der Waals surface area (Å²) >= 11 is 0. The fraction of sp³-hybridized carbons (Fsp3) is 0.500. The lowest BCUT2D eigenvalue weighted by Gasteiger charge is -2.05. The normalized spacial score (nSPS) is 14.6. The zero-order valence-electron chi connectivity index (χ0n) is 8.40. The van der Waals surface area contributed by atoms with Crippen molar-refractivity contribution in [3.63, 3.8) is 0 Å². The predicted molar refractivity (Wildman–Crippen MR) is 56.3 cm³/mol. The van der Waals surface area contributed by atoms with Gasteiger partial charge in [-0.15, -0.1) is 0 Å². The molecule has 1 heterocycles. The first kappa shape index (κ1) is 9.87. The van der Waals surface area contributed by atoms with Gasteiger partial charge in [0, 0.05) is 19.1 Å². The Balaban J connectivity index is 1.70. The first-order chi connectivity index (χ1) is 7.38. The largest absolute Gasteiger partial charge is 0.368 e. The predicted octanol–water partition coefficient (Wildman–Crippen LogP) is 0.512. The molecule has 0 atom stereocenters. The zero-order chi connectivity index (χ0) is 10.5. The second-order valence-corrected chi connectivity index (χ2v) is 3.55. The van der Waals surface area contributed by atoms with Gasteiger partial charge in [0.15, 0.2) is 5.69 Å². The minimum Gasteiger partial charge on any atom is -0.368 e. The summed E-state index contributed by atoms with van der Waals surface area (Å²) in [5, 5.41) is 15.0. The molecule has 5 nitrogen and oxygen atoms in total. The molecule has 0 aliphatic heterocycles. The van der Waals surface area contributed by atoms with Crippen molar-refractivity contribution in [2.45, 2.75) is 18.9 Å². The third-order valence-corrected chi connectivity index (χ3v) is 2.21. The van der Waals surface area contributed by atoms with Gasteiger partial charge < -0.3 is 10.6 Å². The molecule has 0 bridgehead atoms. The molecule has 1 aromatic heterocycles.